The summed E-state index contributed by atoms with van der Waals surface area (Å²) < 4.78 is 4.89. The highest BCUT2D eigenvalue weighted by atomic mass is 32.1. The van der Waals surface area contributed by atoms with Crippen molar-refractivity contribution in [3.63, 3.8) is 0 Å². The molecule has 21 heavy (non-hydrogen) atoms. The van der Waals surface area contributed by atoms with Crippen molar-refractivity contribution in [3.8, 4) is 0 Å². The Bertz CT molecular complexity index is 637. The average Bonchev–Trinajstić information content (AvgIpc) is 3.11. The minimum atomic E-state index is -0.329. The van der Waals surface area contributed by atoms with Crippen LogP contribution in [0.15, 0.2) is 41.8 Å². The zero-order chi connectivity index (χ0) is 14.7. The number of hydrogen-bond donors (Lipinski definition) is 1. The van der Waals surface area contributed by atoms with E-state index >= 15 is 0 Å². The summed E-state index contributed by atoms with van der Waals surface area (Å²) in [4.78, 5) is 25.9. The van der Waals surface area contributed by atoms with Gasteiger partial charge in [-0.3, -0.25) is 9.69 Å². The van der Waals surface area contributed by atoms with Crippen LogP contribution < -0.4 is 10.2 Å². The summed E-state index contributed by atoms with van der Waals surface area (Å²) in [5.41, 5.74) is 1.49. The Morgan fingerprint density at radius 2 is 2.10 bits per heavy atom. The summed E-state index contributed by atoms with van der Waals surface area (Å²) in [5.74, 6) is -0.0502. The highest BCUT2D eigenvalue weighted by Gasteiger charge is 2.23. The molecule has 2 aromatic rings. The third-order valence-corrected chi connectivity index (χ3v) is 4.01. The number of amides is 2. The summed E-state index contributed by atoms with van der Waals surface area (Å²) >= 11 is 1.56. The lowest BCUT2D eigenvalue weighted by molar-refractivity contribution is -0.115. The van der Waals surface area contributed by atoms with Gasteiger partial charge in [-0.25, -0.2) is 4.79 Å². The zero-order valence-electron chi connectivity index (χ0n) is 11.2. The van der Waals surface area contributed by atoms with Gasteiger partial charge >= 0.3 is 6.09 Å². The van der Waals surface area contributed by atoms with Gasteiger partial charge in [0.1, 0.15) is 6.61 Å². The summed E-state index contributed by atoms with van der Waals surface area (Å²) in [6.45, 7) is 0.973. The van der Waals surface area contributed by atoms with Crippen LogP contribution in [-0.2, 0) is 16.0 Å². The maximum atomic E-state index is 11.9. The van der Waals surface area contributed by atoms with E-state index in [-0.39, 0.29) is 12.0 Å². The molecule has 3 rings (SSSR count). The second kappa shape index (κ2) is 5.97. The van der Waals surface area contributed by atoms with E-state index < -0.39 is 0 Å². The molecular weight excluding hydrogens is 288 g/mol. The van der Waals surface area contributed by atoms with Gasteiger partial charge in [0, 0.05) is 16.3 Å². The summed E-state index contributed by atoms with van der Waals surface area (Å²) in [7, 11) is 0. The second-order valence-electron chi connectivity index (χ2n) is 4.62. The van der Waals surface area contributed by atoms with E-state index in [1.807, 2.05) is 17.5 Å². The topological polar surface area (TPSA) is 58.6 Å². The van der Waals surface area contributed by atoms with Crippen molar-refractivity contribution in [1.82, 2.24) is 0 Å². The van der Waals surface area contributed by atoms with Gasteiger partial charge in [-0.1, -0.05) is 6.07 Å². The normalized spacial score (nSPS) is 14.1. The average molecular weight is 302 g/mol. The van der Waals surface area contributed by atoms with Crippen LogP contribution in [-0.4, -0.2) is 25.2 Å². The minimum Gasteiger partial charge on any atom is -0.447 e. The van der Waals surface area contributed by atoms with Crippen LogP contribution in [0.1, 0.15) is 4.88 Å². The number of nitrogens with one attached hydrogen (secondary N) is 1. The predicted molar refractivity (Wildman–Crippen MR) is 81.8 cm³/mol. The van der Waals surface area contributed by atoms with E-state index in [0.717, 1.165) is 10.6 Å². The van der Waals surface area contributed by atoms with Crippen molar-refractivity contribution in [2.24, 2.45) is 0 Å². The number of thiophene rings is 1. The lowest BCUT2D eigenvalue weighted by Crippen LogP contribution is -2.23. The lowest BCUT2D eigenvalue weighted by Gasteiger charge is -2.13. The maximum absolute atomic E-state index is 11.9. The molecule has 1 saturated heterocycles. The Hall–Kier alpha value is -2.34. The third kappa shape index (κ3) is 3.22. The molecule has 2 amide bonds. The molecule has 1 N–H and O–H groups in total. The first-order valence-electron chi connectivity index (χ1n) is 6.59. The molecule has 1 aliphatic heterocycles. The van der Waals surface area contributed by atoms with Crippen molar-refractivity contribution >= 4 is 34.7 Å². The molecule has 1 aromatic heterocycles. The number of ether oxygens (including phenoxy) is 1. The van der Waals surface area contributed by atoms with E-state index in [0.29, 0.717) is 25.3 Å². The maximum Gasteiger partial charge on any atom is 0.414 e. The van der Waals surface area contributed by atoms with Crippen molar-refractivity contribution in [2.45, 2.75) is 6.42 Å². The van der Waals surface area contributed by atoms with Crippen LogP contribution >= 0.6 is 11.3 Å². The van der Waals surface area contributed by atoms with Crippen LogP contribution in [0.5, 0.6) is 0 Å². The molecule has 2 heterocycles. The van der Waals surface area contributed by atoms with E-state index in [1.165, 1.54) is 0 Å². The summed E-state index contributed by atoms with van der Waals surface area (Å²) in [5, 5.41) is 4.79. The Kier molecular flexibility index (Phi) is 3.87. The first kappa shape index (κ1) is 13.6. The predicted octanol–water partition coefficient (Wildman–Crippen LogP) is 2.89. The minimum absolute atomic E-state index is 0.0502. The second-order valence-corrected chi connectivity index (χ2v) is 5.65. The Morgan fingerprint density at radius 3 is 2.71 bits per heavy atom. The molecule has 1 aliphatic rings. The molecule has 6 heteroatoms. The molecule has 0 saturated carbocycles. The molecule has 0 bridgehead atoms. The van der Waals surface area contributed by atoms with Gasteiger partial charge in [-0.15, -0.1) is 11.3 Å². The number of carbonyl (C=O) groups excluding carboxylic acids is 2. The van der Waals surface area contributed by atoms with Gasteiger partial charge in [0.25, 0.3) is 0 Å². The first-order chi connectivity index (χ1) is 10.2. The molecule has 0 radical (unpaired) electrons. The first-order valence-corrected chi connectivity index (χ1v) is 7.47. The number of hydrogen-bond acceptors (Lipinski definition) is 4. The highest BCUT2D eigenvalue weighted by molar-refractivity contribution is 7.10. The van der Waals surface area contributed by atoms with Crippen LogP contribution in [0.3, 0.4) is 0 Å². The standard InChI is InChI=1S/C15H14N2O3S/c18-14(10-13-2-1-9-21-13)16-11-3-5-12(6-4-11)17-7-8-20-15(17)19/h1-6,9H,7-8,10H2,(H,16,18). The van der Waals surface area contributed by atoms with Crippen LogP contribution in [0.4, 0.5) is 16.2 Å². The van der Waals surface area contributed by atoms with Crippen LogP contribution in [0.2, 0.25) is 0 Å². The fraction of sp³-hybridized carbons (Fsp3) is 0.200. The van der Waals surface area contributed by atoms with Gasteiger partial charge in [-0.05, 0) is 35.7 Å². The van der Waals surface area contributed by atoms with Gasteiger partial charge in [0.15, 0.2) is 0 Å². The van der Waals surface area contributed by atoms with Gasteiger partial charge in [0.05, 0.1) is 13.0 Å². The molecule has 108 valence electrons. The smallest absolute Gasteiger partial charge is 0.414 e. The SMILES string of the molecule is O=C(Cc1cccs1)Nc1ccc(N2CCOC2=O)cc1. The van der Waals surface area contributed by atoms with Crippen molar-refractivity contribution in [1.29, 1.82) is 0 Å². The molecule has 0 spiro atoms. The lowest BCUT2D eigenvalue weighted by atomic mass is 10.2. The zero-order valence-corrected chi connectivity index (χ0v) is 12.1. The van der Waals surface area contributed by atoms with Gasteiger partial charge in [-0.2, -0.15) is 0 Å². The third-order valence-electron chi connectivity index (χ3n) is 3.14. The van der Waals surface area contributed by atoms with E-state index in [2.05, 4.69) is 5.32 Å². The monoisotopic (exact) mass is 302 g/mol. The van der Waals surface area contributed by atoms with Crippen LogP contribution in [0.25, 0.3) is 0 Å². The fourth-order valence-corrected chi connectivity index (χ4v) is 2.83. The Labute approximate surface area is 126 Å². The largest absolute Gasteiger partial charge is 0.447 e. The van der Waals surface area contributed by atoms with Crippen LogP contribution in [0, 0.1) is 0 Å². The number of rotatable bonds is 4. The molecule has 5 nitrogen and oxygen atoms in total. The van der Waals surface area contributed by atoms with Crippen molar-refractivity contribution in [3.05, 3.63) is 46.7 Å². The highest BCUT2D eigenvalue weighted by Crippen LogP contribution is 2.21. The number of nitrogens with zero attached hydrogens (tertiary/aromatic N) is 1. The Morgan fingerprint density at radius 1 is 1.29 bits per heavy atom. The van der Waals surface area contributed by atoms with E-state index in [4.69, 9.17) is 4.74 Å². The van der Waals surface area contributed by atoms with Crippen molar-refractivity contribution < 1.29 is 14.3 Å². The number of anilines is 2. The molecule has 1 fully saturated rings. The molecular formula is C15H14N2O3S. The van der Waals surface area contributed by atoms with Gasteiger partial charge < -0.3 is 10.1 Å². The number of cyclic esters (lactones) is 1. The Balaban J connectivity index is 1.61. The van der Waals surface area contributed by atoms with E-state index in [9.17, 15) is 9.59 Å². The van der Waals surface area contributed by atoms with Crippen molar-refractivity contribution in [2.75, 3.05) is 23.4 Å². The quantitative estimate of drug-likeness (QED) is 0.944. The molecule has 0 unspecified atom stereocenters. The molecule has 0 aliphatic carbocycles. The molecule has 0 atom stereocenters. The molecule has 1 aromatic carbocycles. The van der Waals surface area contributed by atoms with E-state index in [1.54, 1.807) is 40.5 Å². The number of carbonyl (C=O) groups is 2. The fourth-order valence-electron chi connectivity index (χ4n) is 2.13. The summed E-state index contributed by atoms with van der Waals surface area (Å²) in [6, 6.07) is 11.0. The number of benzene rings is 1. The van der Waals surface area contributed by atoms with Gasteiger partial charge in [0.2, 0.25) is 5.91 Å². The summed E-state index contributed by atoms with van der Waals surface area (Å²) in [6.07, 6.45) is 0.0437.